The van der Waals surface area contributed by atoms with Crippen LogP contribution in [-0.4, -0.2) is 65.0 Å². The fraction of sp³-hybridized carbons (Fsp3) is 0.480. The first-order chi connectivity index (χ1) is 16.1. The number of rotatable bonds is 8. The number of hydrogen-bond acceptors (Lipinski definition) is 6. The molecule has 1 heterocycles. The Balaban J connectivity index is 1.77. The fourth-order valence-corrected chi connectivity index (χ4v) is 6.21. The highest BCUT2D eigenvalue weighted by atomic mass is 32.2. The van der Waals surface area contributed by atoms with Crippen molar-refractivity contribution in [1.29, 1.82) is 0 Å². The minimum atomic E-state index is -3.68. The van der Waals surface area contributed by atoms with E-state index in [-0.39, 0.29) is 12.5 Å². The summed E-state index contributed by atoms with van der Waals surface area (Å²) < 4.78 is 44.3. The maximum Gasteiger partial charge on any atom is 0.243 e. The highest BCUT2D eigenvalue weighted by molar-refractivity contribution is 7.89. The highest BCUT2D eigenvalue weighted by Gasteiger charge is 2.35. The Kier molecular flexibility index (Phi) is 8.09. The number of ether oxygens (including phenoxy) is 3. The Hall–Kier alpha value is -2.78. The molecule has 186 valence electrons. The van der Waals surface area contributed by atoms with E-state index in [0.717, 1.165) is 11.1 Å². The van der Waals surface area contributed by atoms with Crippen molar-refractivity contribution in [3.05, 3.63) is 47.0 Å². The number of hydrogen-bond donors (Lipinski definition) is 0. The lowest BCUT2D eigenvalue weighted by Gasteiger charge is -2.33. The third-order valence-electron chi connectivity index (χ3n) is 6.22. The second-order valence-electron chi connectivity index (χ2n) is 8.70. The zero-order valence-electron chi connectivity index (χ0n) is 20.8. The first-order valence-corrected chi connectivity index (χ1v) is 12.7. The van der Waals surface area contributed by atoms with Crippen LogP contribution in [0.15, 0.2) is 35.2 Å². The first-order valence-electron chi connectivity index (χ1n) is 11.2. The smallest absolute Gasteiger partial charge is 0.243 e. The molecule has 2 aromatic rings. The SMILES string of the molecule is COc1cc(CN(C)C(=O)[C@@H]2CCCN(S(=O)(=O)c3cc(C)ccc3C)C2)cc(OC)c1OC. The minimum Gasteiger partial charge on any atom is -0.493 e. The van der Waals surface area contributed by atoms with Crippen LogP contribution in [-0.2, 0) is 21.4 Å². The molecule has 8 nitrogen and oxygen atoms in total. The molecule has 9 heteroatoms. The lowest BCUT2D eigenvalue weighted by Crippen LogP contribution is -2.45. The number of aryl methyl sites for hydroxylation is 2. The molecule has 1 saturated heterocycles. The third kappa shape index (κ3) is 5.31. The Labute approximate surface area is 202 Å². The van der Waals surface area contributed by atoms with Gasteiger partial charge in [0.2, 0.25) is 21.7 Å². The number of piperidine rings is 1. The molecule has 1 fully saturated rings. The molecule has 0 unspecified atom stereocenters. The normalized spacial score (nSPS) is 16.7. The molecule has 0 N–H and O–H groups in total. The summed E-state index contributed by atoms with van der Waals surface area (Å²) in [6.45, 7) is 4.59. The van der Waals surface area contributed by atoms with Gasteiger partial charge in [-0.05, 0) is 61.6 Å². The molecule has 0 spiro atoms. The van der Waals surface area contributed by atoms with Crippen LogP contribution in [0.2, 0.25) is 0 Å². The van der Waals surface area contributed by atoms with Crippen molar-refractivity contribution in [2.24, 2.45) is 5.92 Å². The predicted molar refractivity (Wildman–Crippen MR) is 130 cm³/mol. The van der Waals surface area contributed by atoms with E-state index in [1.807, 2.05) is 31.2 Å². The van der Waals surface area contributed by atoms with Crippen LogP contribution >= 0.6 is 0 Å². The van der Waals surface area contributed by atoms with Gasteiger partial charge in [-0.25, -0.2) is 8.42 Å². The molecule has 1 aliphatic rings. The zero-order chi connectivity index (χ0) is 25.0. The van der Waals surface area contributed by atoms with Crippen LogP contribution in [0.1, 0.15) is 29.5 Å². The van der Waals surface area contributed by atoms with E-state index in [4.69, 9.17) is 14.2 Å². The Bertz CT molecular complexity index is 1120. The van der Waals surface area contributed by atoms with Gasteiger partial charge in [0.15, 0.2) is 11.5 Å². The van der Waals surface area contributed by atoms with Crippen LogP contribution in [0.25, 0.3) is 0 Å². The highest BCUT2D eigenvalue weighted by Crippen LogP contribution is 2.38. The predicted octanol–water partition coefficient (Wildman–Crippen LogP) is 3.39. The summed E-state index contributed by atoms with van der Waals surface area (Å²) >= 11 is 0. The van der Waals surface area contributed by atoms with Crippen molar-refractivity contribution in [2.75, 3.05) is 41.5 Å². The second kappa shape index (κ2) is 10.7. The summed E-state index contributed by atoms with van der Waals surface area (Å²) in [5.41, 5.74) is 2.42. The number of benzene rings is 2. The van der Waals surface area contributed by atoms with E-state index in [1.165, 1.54) is 11.4 Å². The lowest BCUT2D eigenvalue weighted by atomic mass is 9.98. The van der Waals surface area contributed by atoms with Crippen LogP contribution in [0.4, 0.5) is 0 Å². The number of nitrogens with zero attached hydrogens (tertiary/aromatic N) is 2. The van der Waals surface area contributed by atoms with E-state index in [1.54, 1.807) is 39.2 Å². The monoisotopic (exact) mass is 490 g/mol. The average molecular weight is 491 g/mol. The van der Waals surface area contributed by atoms with Crippen molar-refractivity contribution in [3.8, 4) is 17.2 Å². The summed E-state index contributed by atoms with van der Waals surface area (Å²) in [5.74, 6) is 1.03. The van der Waals surface area contributed by atoms with Gasteiger partial charge >= 0.3 is 0 Å². The van der Waals surface area contributed by atoms with Gasteiger partial charge in [0, 0.05) is 26.7 Å². The Morgan fingerprint density at radius 1 is 1.06 bits per heavy atom. The van der Waals surface area contributed by atoms with Gasteiger partial charge < -0.3 is 19.1 Å². The van der Waals surface area contributed by atoms with Gasteiger partial charge in [-0.2, -0.15) is 4.31 Å². The number of carbonyl (C=O) groups excluding carboxylic acids is 1. The standard InChI is InChI=1S/C25H34N2O6S/c1-17-9-10-18(2)23(12-17)34(29,30)27-11-7-8-20(16-27)25(28)26(3)15-19-13-21(31-4)24(33-6)22(14-19)32-5/h9-10,12-14,20H,7-8,11,15-16H2,1-6H3/t20-/m1/s1. The van der Waals surface area contributed by atoms with Crippen LogP contribution < -0.4 is 14.2 Å². The van der Waals surface area contributed by atoms with E-state index in [2.05, 4.69) is 0 Å². The molecule has 0 bridgehead atoms. The molecule has 2 aromatic carbocycles. The second-order valence-corrected chi connectivity index (χ2v) is 10.6. The van der Waals surface area contributed by atoms with Crippen molar-refractivity contribution < 1.29 is 27.4 Å². The number of sulfonamides is 1. The van der Waals surface area contributed by atoms with Gasteiger partial charge in [-0.3, -0.25) is 4.79 Å². The van der Waals surface area contributed by atoms with Crippen LogP contribution in [0, 0.1) is 19.8 Å². The quantitative estimate of drug-likeness (QED) is 0.564. The molecule has 1 atom stereocenters. The molecule has 0 aromatic heterocycles. The lowest BCUT2D eigenvalue weighted by molar-refractivity contribution is -0.135. The number of carbonyl (C=O) groups is 1. The molecular weight excluding hydrogens is 456 g/mol. The molecule has 0 radical (unpaired) electrons. The van der Waals surface area contributed by atoms with E-state index in [9.17, 15) is 13.2 Å². The van der Waals surface area contributed by atoms with Gasteiger partial charge in [-0.15, -0.1) is 0 Å². The molecule has 1 amide bonds. The van der Waals surface area contributed by atoms with Crippen LogP contribution in [0.3, 0.4) is 0 Å². The maximum atomic E-state index is 13.4. The van der Waals surface area contributed by atoms with E-state index >= 15 is 0 Å². The van der Waals surface area contributed by atoms with Crippen molar-refractivity contribution >= 4 is 15.9 Å². The average Bonchev–Trinajstić information content (AvgIpc) is 2.84. The molecule has 0 aliphatic carbocycles. The zero-order valence-corrected chi connectivity index (χ0v) is 21.6. The Morgan fingerprint density at radius 2 is 1.71 bits per heavy atom. The largest absolute Gasteiger partial charge is 0.493 e. The molecule has 0 saturated carbocycles. The van der Waals surface area contributed by atoms with Gasteiger partial charge in [0.1, 0.15) is 0 Å². The van der Waals surface area contributed by atoms with Crippen molar-refractivity contribution in [1.82, 2.24) is 9.21 Å². The van der Waals surface area contributed by atoms with Crippen molar-refractivity contribution in [2.45, 2.75) is 38.1 Å². The maximum absolute atomic E-state index is 13.4. The summed E-state index contributed by atoms with van der Waals surface area (Å²) in [6.07, 6.45) is 1.29. The number of methoxy groups -OCH3 is 3. The van der Waals surface area contributed by atoms with Crippen molar-refractivity contribution in [3.63, 3.8) is 0 Å². The van der Waals surface area contributed by atoms with Crippen LogP contribution in [0.5, 0.6) is 17.2 Å². The summed E-state index contributed by atoms with van der Waals surface area (Å²) in [4.78, 5) is 15.2. The minimum absolute atomic E-state index is 0.0883. The number of amides is 1. The summed E-state index contributed by atoms with van der Waals surface area (Å²) in [7, 11) is 2.68. The topological polar surface area (TPSA) is 85.4 Å². The molecule has 1 aliphatic heterocycles. The summed E-state index contributed by atoms with van der Waals surface area (Å²) in [5, 5.41) is 0. The molecule has 34 heavy (non-hydrogen) atoms. The fourth-order valence-electron chi connectivity index (χ4n) is 4.38. The molecular formula is C25H34N2O6S. The third-order valence-corrected chi connectivity index (χ3v) is 8.22. The van der Waals surface area contributed by atoms with Gasteiger partial charge in [-0.1, -0.05) is 12.1 Å². The summed E-state index contributed by atoms with van der Waals surface area (Å²) in [6, 6.07) is 9.04. The first kappa shape index (κ1) is 25.8. The molecule has 3 rings (SSSR count). The van der Waals surface area contributed by atoms with E-state index < -0.39 is 15.9 Å². The van der Waals surface area contributed by atoms with Gasteiger partial charge in [0.05, 0.1) is 32.1 Å². The Morgan fingerprint density at radius 3 is 2.29 bits per heavy atom. The van der Waals surface area contributed by atoms with Gasteiger partial charge in [0.25, 0.3) is 0 Å². The van der Waals surface area contributed by atoms with E-state index in [0.29, 0.717) is 53.6 Å².